The number of nitrogens with zero attached hydrogens (tertiary/aromatic N) is 4. The minimum atomic E-state index is 0.619. The highest BCUT2D eigenvalue weighted by molar-refractivity contribution is 7.26. The third-order valence-electron chi connectivity index (χ3n) is 9.93. The van der Waals surface area contributed by atoms with Crippen molar-refractivity contribution in [2.75, 3.05) is 0 Å². The summed E-state index contributed by atoms with van der Waals surface area (Å²) in [6.07, 6.45) is 0. The lowest BCUT2D eigenvalue weighted by molar-refractivity contribution is 0.623. The Hall–Kier alpha value is -6.76. The second kappa shape index (κ2) is 11.4. The lowest BCUT2D eigenvalue weighted by Crippen LogP contribution is -2.00. The second-order valence-electron chi connectivity index (χ2n) is 13.0. The molecule has 8 aromatic carbocycles. The molecule has 52 heavy (non-hydrogen) atoms. The highest BCUT2D eigenvalue weighted by Gasteiger charge is 2.18. The summed E-state index contributed by atoms with van der Waals surface area (Å²) in [7, 11) is 0. The van der Waals surface area contributed by atoms with Gasteiger partial charge in [-0.25, -0.2) is 19.9 Å². The number of oxazole rings is 1. The van der Waals surface area contributed by atoms with Crippen LogP contribution in [0.3, 0.4) is 0 Å². The summed E-state index contributed by atoms with van der Waals surface area (Å²) in [6.45, 7) is 0. The Morgan fingerprint density at radius 3 is 1.90 bits per heavy atom. The van der Waals surface area contributed by atoms with Gasteiger partial charge in [-0.3, -0.25) is 0 Å². The average molecular weight is 683 g/mol. The summed E-state index contributed by atoms with van der Waals surface area (Å²) >= 11 is 1.78. The molecule has 3 heterocycles. The largest absolute Gasteiger partial charge is 0.435 e. The van der Waals surface area contributed by atoms with Crippen LogP contribution >= 0.6 is 11.3 Å². The molecule has 0 saturated heterocycles. The van der Waals surface area contributed by atoms with Crippen molar-refractivity contribution in [2.24, 2.45) is 0 Å². The van der Waals surface area contributed by atoms with Gasteiger partial charge in [-0.15, -0.1) is 11.3 Å². The molecule has 242 valence electrons. The first kappa shape index (κ1) is 29.0. The van der Waals surface area contributed by atoms with E-state index in [1.807, 2.05) is 66.7 Å². The van der Waals surface area contributed by atoms with Crippen molar-refractivity contribution < 1.29 is 4.42 Å². The molecular weight excluding hydrogens is 657 g/mol. The van der Waals surface area contributed by atoms with E-state index < -0.39 is 0 Å². The van der Waals surface area contributed by atoms with Crippen LogP contribution in [0, 0.1) is 0 Å². The monoisotopic (exact) mass is 682 g/mol. The van der Waals surface area contributed by atoms with E-state index in [9.17, 15) is 0 Å². The molecule has 0 unspecified atom stereocenters. The molecule has 11 aromatic rings. The number of fused-ring (bicyclic) bond motifs is 10. The molecule has 0 aliphatic rings. The predicted molar refractivity (Wildman–Crippen MR) is 215 cm³/mol. The standard InChI is InChI=1S/C46H26N4OS/c1-3-10-29(11-4-1)43-48-44(50-45(49-43)36-16-9-15-35-34-14-7-8-17-38(34)52-42(35)36)32-22-24-33-31(26-32)21-20-27-18-19-28-23-25-37-41(40(28)39(27)33)51-46(47-37)30-12-5-2-6-13-30/h1-26H. The summed E-state index contributed by atoms with van der Waals surface area (Å²) in [4.78, 5) is 20.2. The van der Waals surface area contributed by atoms with E-state index in [0.717, 1.165) is 65.7 Å². The maximum absolute atomic E-state index is 6.54. The molecule has 0 saturated carbocycles. The van der Waals surface area contributed by atoms with Crippen molar-refractivity contribution in [1.82, 2.24) is 19.9 Å². The van der Waals surface area contributed by atoms with E-state index in [0.29, 0.717) is 23.4 Å². The SMILES string of the molecule is c1ccc(-c2nc(-c3ccc4c(ccc5ccc6ccc7nc(-c8ccccc8)oc7c6c54)c3)nc(-c3cccc4c3sc3ccccc34)n2)cc1. The fourth-order valence-electron chi connectivity index (χ4n) is 7.46. The Morgan fingerprint density at radius 2 is 1.08 bits per heavy atom. The van der Waals surface area contributed by atoms with Gasteiger partial charge in [0.05, 0.1) is 0 Å². The van der Waals surface area contributed by atoms with E-state index in [1.165, 1.54) is 20.2 Å². The van der Waals surface area contributed by atoms with Gasteiger partial charge in [-0.1, -0.05) is 121 Å². The zero-order valence-electron chi connectivity index (χ0n) is 27.6. The Labute approximate surface area is 301 Å². The number of rotatable bonds is 4. The lowest BCUT2D eigenvalue weighted by atomic mass is 9.95. The van der Waals surface area contributed by atoms with Crippen LogP contribution in [-0.2, 0) is 0 Å². The van der Waals surface area contributed by atoms with E-state index >= 15 is 0 Å². The minimum Gasteiger partial charge on any atom is -0.435 e. The van der Waals surface area contributed by atoms with Crippen molar-refractivity contribution in [3.63, 3.8) is 0 Å². The Kier molecular flexibility index (Phi) is 6.35. The highest BCUT2D eigenvalue weighted by Crippen LogP contribution is 2.41. The minimum absolute atomic E-state index is 0.619. The number of benzene rings is 8. The van der Waals surface area contributed by atoms with Crippen molar-refractivity contribution in [2.45, 2.75) is 0 Å². The van der Waals surface area contributed by atoms with Gasteiger partial charge in [0.25, 0.3) is 0 Å². The van der Waals surface area contributed by atoms with Crippen LogP contribution in [0.4, 0.5) is 0 Å². The number of hydrogen-bond acceptors (Lipinski definition) is 6. The number of hydrogen-bond donors (Lipinski definition) is 0. The molecule has 0 N–H and O–H groups in total. The van der Waals surface area contributed by atoms with E-state index in [4.69, 9.17) is 24.4 Å². The van der Waals surface area contributed by atoms with Crippen LogP contribution in [0.2, 0.25) is 0 Å². The molecule has 0 aliphatic heterocycles. The van der Waals surface area contributed by atoms with Crippen LogP contribution in [0.25, 0.3) is 109 Å². The summed E-state index contributed by atoms with van der Waals surface area (Å²) in [5, 5.41) is 9.13. The summed E-state index contributed by atoms with van der Waals surface area (Å²) in [6, 6.07) is 54.6. The molecule has 0 amide bonds. The summed E-state index contributed by atoms with van der Waals surface area (Å²) < 4.78 is 8.96. The molecular formula is C46H26N4OS. The molecule has 0 spiro atoms. The topological polar surface area (TPSA) is 64.7 Å². The molecule has 0 bridgehead atoms. The average Bonchev–Trinajstić information content (AvgIpc) is 3.83. The van der Waals surface area contributed by atoms with Crippen molar-refractivity contribution in [3.05, 3.63) is 158 Å². The second-order valence-corrected chi connectivity index (χ2v) is 14.1. The van der Waals surface area contributed by atoms with Crippen LogP contribution in [0.15, 0.2) is 162 Å². The number of thiophene rings is 1. The third kappa shape index (κ3) is 4.55. The van der Waals surface area contributed by atoms with Gasteiger partial charge in [0.15, 0.2) is 23.1 Å². The van der Waals surface area contributed by atoms with Crippen LogP contribution in [-0.4, -0.2) is 19.9 Å². The fraction of sp³-hybridized carbons (Fsp3) is 0. The fourth-order valence-corrected chi connectivity index (χ4v) is 8.67. The maximum Gasteiger partial charge on any atom is 0.227 e. The predicted octanol–water partition coefficient (Wildman–Crippen LogP) is 12.5. The molecule has 0 fully saturated rings. The van der Waals surface area contributed by atoms with E-state index in [2.05, 4.69) is 91.0 Å². The zero-order chi connectivity index (χ0) is 34.2. The normalized spacial score (nSPS) is 11.8. The third-order valence-corrected chi connectivity index (χ3v) is 11.1. The van der Waals surface area contributed by atoms with Gasteiger partial charge < -0.3 is 4.42 Å². The highest BCUT2D eigenvalue weighted by atomic mass is 32.1. The quantitative estimate of drug-likeness (QED) is 0.173. The van der Waals surface area contributed by atoms with Gasteiger partial charge in [0, 0.05) is 53.2 Å². The van der Waals surface area contributed by atoms with Crippen LogP contribution in [0.5, 0.6) is 0 Å². The molecule has 0 aliphatic carbocycles. The van der Waals surface area contributed by atoms with E-state index in [1.54, 1.807) is 11.3 Å². The van der Waals surface area contributed by atoms with Crippen LogP contribution in [0.1, 0.15) is 0 Å². The summed E-state index contributed by atoms with van der Waals surface area (Å²) in [5.41, 5.74) is 5.46. The van der Waals surface area contributed by atoms with Crippen molar-refractivity contribution >= 4 is 74.9 Å². The van der Waals surface area contributed by atoms with E-state index in [-0.39, 0.29) is 0 Å². The number of aromatic nitrogens is 4. The maximum atomic E-state index is 6.54. The first-order chi connectivity index (χ1) is 25.7. The molecule has 6 heteroatoms. The molecule has 0 radical (unpaired) electrons. The molecule has 5 nitrogen and oxygen atoms in total. The summed E-state index contributed by atoms with van der Waals surface area (Å²) in [5.74, 6) is 2.55. The smallest absolute Gasteiger partial charge is 0.227 e. The molecule has 0 atom stereocenters. The van der Waals surface area contributed by atoms with Crippen LogP contribution < -0.4 is 0 Å². The zero-order valence-corrected chi connectivity index (χ0v) is 28.4. The molecule has 3 aromatic heterocycles. The van der Waals surface area contributed by atoms with Crippen molar-refractivity contribution in [3.8, 4) is 45.6 Å². The van der Waals surface area contributed by atoms with Gasteiger partial charge >= 0.3 is 0 Å². The lowest BCUT2D eigenvalue weighted by Gasteiger charge is -2.11. The van der Waals surface area contributed by atoms with Gasteiger partial charge in [-0.2, -0.15) is 0 Å². The van der Waals surface area contributed by atoms with Gasteiger partial charge in [0.1, 0.15) is 5.52 Å². The van der Waals surface area contributed by atoms with Crippen molar-refractivity contribution in [1.29, 1.82) is 0 Å². The Morgan fingerprint density at radius 1 is 0.423 bits per heavy atom. The Bertz CT molecular complexity index is 3190. The molecule has 11 rings (SSSR count). The Balaban J connectivity index is 1.12. The first-order valence-corrected chi connectivity index (χ1v) is 18.0. The van der Waals surface area contributed by atoms with Gasteiger partial charge in [-0.05, 0) is 57.9 Å². The van der Waals surface area contributed by atoms with Gasteiger partial charge in [0.2, 0.25) is 5.89 Å². The first-order valence-electron chi connectivity index (χ1n) is 17.2.